The highest BCUT2D eigenvalue weighted by Crippen LogP contribution is 1.67. The maximum absolute atomic E-state index is 6.16. The van der Waals surface area contributed by atoms with E-state index in [0.29, 0.717) is 0 Å². The lowest BCUT2D eigenvalue weighted by Crippen LogP contribution is -2.08. The molecule has 0 aromatic heterocycles. The van der Waals surface area contributed by atoms with E-state index < -0.39 is 0 Å². The van der Waals surface area contributed by atoms with Gasteiger partial charge in [-0.25, -0.2) is 5.53 Å². The molecule has 0 radical (unpaired) electrons. The molecular formula is C2H7N3. The van der Waals surface area contributed by atoms with E-state index in [4.69, 9.17) is 11.3 Å². The number of nitrogens with zero attached hydrogens (tertiary/aromatic N) is 1. The van der Waals surface area contributed by atoms with Crippen molar-refractivity contribution in [2.75, 3.05) is 0 Å². The lowest BCUT2D eigenvalue weighted by molar-refractivity contribution is 0.716. The van der Waals surface area contributed by atoms with Gasteiger partial charge in [0.25, 0.3) is 0 Å². The minimum absolute atomic E-state index is 0.324. The van der Waals surface area contributed by atoms with Crippen LogP contribution >= 0.6 is 0 Å². The van der Waals surface area contributed by atoms with E-state index in [1.807, 2.05) is 0 Å². The Kier molecular flexibility index (Phi) is 1.68. The Morgan fingerprint density at radius 1 is 2.00 bits per heavy atom. The highest BCUT2D eigenvalue weighted by atomic mass is 15.1. The second kappa shape index (κ2) is 1.84. The van der Waals surface area contributed by atoms with E-state index >= 15 is 0 Å². The van der Waals surface area contributed by atoms with Crippen molar-refractivity contribution >= 4 is 0 Å². The molecule has 1 atom stereocenters. The predicted molar refractivity (Wildman–Crippen MR) is 18.8 cm³/mol. The van der Waals surface area contributed by atoms with Crippen LogP contribution in [0.3, 0.4) is 0 Å². The zero-order valence-corrected chi connectivity index (χ0v) is 3.10. The zero-order valence-electron chi connectivity index (χ0n) is 3.10. The van der Waals surface area contributed by atoms with Crippen LogP contribution in [-0.4, -0.2) is 6.17 Å². The summed E-state index contributed by atoms with van der Waals surface area (Å²) in [5, 5.41) is 2.92. The van der Waals surface area contributed by atoms with Gasteiger partial charge in [0.1, 0.15) is 6.17 Å². The Balaban J connectivity index is 2.83. The summed E-state index contributed by atoms with van der Waals surface area (Å²) in [5.41, 5.74) is 11.1. The normalized spacial score (nSPS) is 14.0. The molecule has 3 nitrogen and oxygen atoms in total. The van der Waals surface area contributed by atoms with E-state index in [1.54, 1.807) is 6.92 Å². The Hall–Kier alpha value is -0.440. The third-order valence-corrected chi connectivity index (χ3v) is 0.204. The molecule has 0 rings (SSSR count). The Morgan fingerprint density at radius 3 is 2.20 bits per heavy atom. The number of nitrogens with two attached hydrogens (primary N) is 1. The van der Waals surface area contributed by atoms with E-state index in [9.17, 15) is 0 Å². The van der Waals surface area contributed by atoms with E-state index in [0.717, 1.165) is 0 Å². The van der Waals surface area contributed by atoms with Gasteiger partial charge < -0.3 is 5.73 Å². The zero-order chi connectivity index (χ0) is 4.28. The van der Waals surface area contributed by atoms with Crippen molar-refractivity contribution in [1.82, 2.24) is 0 Å². The van der Waals surface area contributed by atoms with Crippen LogP contribution in [0, 0.1) is 5.53 Å². The summed E-state index contributed by atoms with van der Waals surface area (Å²) >= 11 is 0. The number of nitrogens with one attached hydrogen (secondary N) is 1. The highest BCUT2D eigenvalue weighted by Gasteiger charge is 1.76. The molecule has 0 aliphatic heterocycles. The summed E-state index contributed by atoms with van der Waals surface area (Å²) < 4.78 is 0. The summed E-state index contributed by atoms with van der Waals surface area (Å²) in [4.78, 5) is 0. The van der Waals surface area contributed by atoms with Crippen LogP contribution in [0.1, 0.15) is 6.92 Å². The van der Waals surface area contributed by atoms with Gasteiger partial charge in [0, 0.05) is 0 Å². The molecule has 3 N–H and O–H groups in total. The minimum Gasteiger partial charge on any atom is -0.308 e. The van der Waals surface area contributed by atoms with Crippen LogP contribution in [0.2, 0.25) is 0 Å². The van der Waals surface area contributed by atoms with E-state index in [-0.39, 0.29) is 6.17 Å². The van der Waals surface area contributed by atoms with E-state index in [1.165, 1.54) is 0 Å². The summed E-state index contributed by atoms with van der Waals surface area (Å²) in [6.07, 6.45) is -0.324. The lowest BCUT2D eigenvalue weighted by atomic mass is 10.7. The highest BCUT2D eigenvalue weighted by molar-refractivity contribution is 4.34. The van der Waals surface area contributed by atoms with Gasteiger partial charge in [-0.2, -0.15) is 5.11 Å². The molecule has 0 saturated heterocycles. The Bertz CT molecular complexity index is 31.9. The lowest BCUT2D eigenvalue weighted by Gasteiger charge is -1.83. The number of hydrogen-bond donors (Lipinski definition) is 2. The third kappa shape index (κ3) is 3.56. The predicted octanol–water partition coefficient (Wildman–Crippen LogP) is 0.322. The molecule has 1 unspecified atom stereocenters. The van der Waals surface area contributed by atoms with Crippen molar-refractivity contribution in [3.8, 4) is 0 Å². The molecule has 0 fully saturated rings. The summed E-state index contributed by atoms with van der Waals surface area (Å²) in [6, 6.07) is 0. The van der Waals surface area contributed by atoms with Gasteiger partial charge in [-0.1, -0.05) is 0 Å². The standard InChI is InChI=1S/C2H7N3/c1-2(3)5-4/h2,4H,3H2,1H3. The number of hydrogen-bond acceptors (Lipinski definition) is 3. The van der Waals surface area contributed by atoms with Gasteiger partial charge in [-0.15, -0.1) is 0 Å². The molecule has 0 aliphatic carbocycles. The second-order valence-corrected chi connectivity index (χ2v) is 0.870. The van der Waals surface area contributed by atoms with Crippen molar-refractivity contribution in [2.24, 2.45) is 10.8 Å². The maximum atomic E-state index is 6.16. The van der Waals surface area contributed by atoms with Gasteiger partial charge in [-0.3, -0.25) is 0 Å². The molecule has 0 bridgehead atoms. The molecule has 0 spiro atoms. The monoisotopic (exact) mass is 73.1 g/mol. The molecule has 0 aliphatic rings. The molecule has 0 amide bonds. The quantitative estimate of drug-likeness (QED) is 0.431. The van der Waals surface area contributed by atoms with Gasteiger partial charge in [0.2, 0.25) is 0 Å². The first kappa shape index (κ1) is 4.56. The van der Waals surface area contributed by atoms with E-state index in [2.05, 4.69) is 5.11 Å². The summed E-state index contributed by atoms with van der Waals surface area (Å²) in [5.74, 6) is 0. The fraction of sp³-hybridized carbons (Fsp3) is 1.00. The Labute approximate surface area is 30.7 Å². The summed E-state index contributed by atoms with van der Waals surface area (Å²) in [7, 11) is 0. The molecule has 0 aromatic carbocycles. The topological polar surface area (TPSA) is 62.2 Å². The average molecular weight is 73.1 g/mol. The van der Waals surface area contributed by atoms with Crippen LogP contribution in [0.5, 0.6) is 0 Å². The smallest absolute Gasteiger partial charge is 0.115 e. The molecule has 0 heterocycles. The Morgan fingerprint density at radius 2 is 2.20 bits per heavy atom. The summed E-state index contributed by atoms with van der Waals surface area (Å²) in [6.45, 7) is 1.65. The average Bonchev–Trinajstić information content (AvgIpc) is 1.38. The van der Waals surface area contributed by atoms with Crippen molar-refractivity contribution in [2.45, 2.75) is 13.1 Å². The fourth-order valence-corrected chi connectivity index (χ4v) is 0. The van der Waals surface area contributed by atoms with Crippen LogP contribution in [0.4, 0.5) is 0 Å². The van der Waals surface area contributed by atoms with Crippen molar-refractivity contribution < 1.29 is 0 Å². The molecule has 30 valence electrons. The van der Waals surface area contributed by atoms with Crippen LogP contribution in [0.25, 0.3) is 0 Å². The van der Waals surface area contributed by atoms with Crippen LogP contribution in [0.15, 0.2) is 5.11 Å². The molecule has 0 aromatic rings. The van der Waals surface area contributed by atoms with Crippen LogP contribution < -0.4 is 5.73 Å². The maximum Gasteiger partial charge on any atom is 0.115 e. The number of rotatable bonds is 1. The molecular weight excluding hydrogens is 66.0 g/mol. The van der Waals surface area contributed by atoms with Gasteiger partial charge in [0.15, 0.2) is 0 Å². The van der Waals surface area contributed by atoms with Crippen molar-refractivity contribution in [3.63, 3.8) is 0 Å². The SMILES string of the molecule is CC(N)N=N. The third-order valence-electron chi connectivity index (χ3n) is 0.204. The van der Waals surface area contributed by atoms with Crippen LogP contribution in [-0.2, 0) is 0 Å². The van der Waals surface area contributed by atoms with Gasteiger partial charge in [-0.05, 0) is 6.92 Å². The minimum atomic E-state index is -0.324. The fourth-order valence-electron chi connectivity index (χ4n) is 0. The second-order valence-electron chi connectivity index (χ2n) is 0.870. The molecule has 5 heavy (non-hydrogen) atoms. The van der Waals surface area contributed by atoms with Crippen molar-refractivity contribution in [3.05, 3.63) is 0 Å². The van der Waals surface area contributed by atoms with Gasteiger partial charge >= 0.3 is 0 Å². The molecule has 3 heteroatoms. The van der Waals surface area contributed by atoms with Gasteiger partial charge in [0.05, 0.1) is 0 Å². The largest absolute Gasteiger partial charge is 0.308 e. The first-order chi connectivity index (χ1) is 2.27. The first-order valence-electron chi connectivity index (χ1n) is 1.39. The molecule has 0 saturated carbocycles. The first-order valence-corrected chi connectivity index (χ1v) is 1.39. The van der Waals surface area contributed by atoms with Crippen molar-refractivity contribution in [1.29, 1.82) is 5.53 Å².